The van der Waals surface area contributed by atoms with Crippen molar-refractivity contribution in [1.29, 1.82) is 0 Å². The number of piperidine rings is 1. The predicted octanol–water partition coefficient (Wildman–Crippen LogP) is 3.40. The van der Waals surface area contributed by atoms with Gasteiger partial charge in [-0.05, 0) is 55.9 Å². The molecule has 2 heterocycles. The zero-order chi connectivity index (χ0) is 18.5. The van der Waals surface area contributed by atoms with Crippen LogP contribution in [0.1, 0.15) is 35.1 Å². The molecule has 2 aliphatic heterocycles. The molecular weight excluding hydrogens is 340 g/mol. The molecule has 5 nitrogen and oxygen atoms in total. The summed E-state index contributed by atoms with van der Waals surface area (Å²) in [5.41, 5.74) is 3.27. The fourth-order valence-electron chi connectivity index (χ4n) is 4.24. The Bertz CT molecular complexity index is 764. The molecular formula is C19H25ClN2O3. The molecule has 2 aliphatic rings. The molecule has 1 aromatic rings. The summed E-state index contributed by atoms with van der Waals surface area (Å²) in [5, 5.41) is 13.6. The van der Waals surface area contributed by atoms with Crippen molar-refractivity contribution in [3.63, 3.8) is 0 Å². The average Bonchev–Trinajstić information content (AvgIpc) is 2.77. The Morgan fingerprint density at radius 3 is 2.36 bits per heavy atom. The van der Waals surface area contributed by atoms with Crippen LogP contribution in [0.15, 0.2) is 11.8 Å². The van der Waals surface area contributed by atoms with Gasteiger partial charge in [0.15, 0.2) is 0 Å². The number of amides is 1. The van der Waals surface area contributed by atoms with Gasteiger partial charge >= 0.3 is 0 Å². The summed E-state index contributed by atoms with van der Waals surface area (Å²) < 4.78 is 0. The van der Waals surface area contributed by atoms with E-state index in [1.165, 1.54) is 0 Å². The van der Waals surface area contributed by atoms with E-state index in [1.54, 1.807) is 19.1 Å². The molecule has 0 atom stereocenters. The molecule has 0 aliphatic carbocycles. The maximum Gasteiger partial charge on any atom is 0.258 e. The van der Waals surface area contributed by atoms with Crippen molar-refractivity contribution in [2.45, 2.75) is 39.2 Å². The number of likely N-dealkylation sites (N-methyl/N-ethyl adjacent to an activating group) is 1. The second-order valence-corrected chi connectivity index (χ2v) is 7.43. The van der Waals surface area contributed by atoms with E-state index in [4.69, 9.17) is 16.4 Å². The number of hydroxylamine groups is 2. The standard InChI is InChI=1S/C19H25ClN2O3/c1-11-10-12(2)16(20)13(3)14(11)15-17(23)19(21(4)18(15)24)6-8-22(25-5)9-7-19/h10,23H,6-9H2,1-5H3. The van der Waals surface area contributed by atoms with Crippen LogP contribution in [-0.2, 0) is 9.63 Å². The summed E-state index contributed by atoms with van der Waals surface area (Å²) in [7, 11) is 3.41. The number of hydrogen-bond donors (Lipinski definition) is 1. The number of hydrogen-bond acceptors (Lipinski definition) is 4. The van der Waals surface area contributed by atoms with E-state index < -0.39 is 5.54 Å². The van der Waals surface area contributed by atoms with E-state index in [-0.39, 0.29) is 11.7 Å². The van der Waals surface area contributed by atoms with Crippen LogP contribution in [0.5, 0.6) is 0 Å². The minimum absolute atomic E-state index is 0.144. The first kappa shape index (κ1) is 18.2. The summed E-state index contributed by atoms with van der Waals surface area (Å²) >= 11 is 6.43. The minimum Gasteiger partial charge on any atom is -0.509 e. The molecule has 1 saturated heterocycles. The van der Waals surface area contributed by atoms with E-state index in [0.29, 0.717) is 36.5 Å². The number of carbonyl (C=O) groups is 1. The van der Waals surface area contributed by atoms with Crippen molar-refractivity contribution < 1.29 is 14.7 Å². The lowest BCUT2D eigenvalue weighted by Gasteiger charge is -2.42. The molecule has 6 heteroatoms. The molecule has 0 radical (unpaired) electrons. The van der Waals surface area contributed by atoms with Crippen LogP contribution >= 0.6 is 11.6 Å². The lowest BCUT2D eigenvalue weighted by molar-refractivity contribution is -0.162. The zero-order valence-electron chi connectivity index (χ0n) is 15.4. The fourth-order valence-corrected chi connectivity index (χ4v) is 4.39. The highest BCUT2D eigenvalue weighted by atomic mass is 35.5. The maximum absolute atomic E-state index is 13.1. The van der Waals surface area contributed by atoms with Gasteiger partial charge in [0, 0.05) is 25.2 Å². The largest absolute Gasteiger partial charge is 0.509 e. The number of aliphatic hydroxyl groups is 1. The van der Waals surface area contributed by atoms with Gasteiger partial charge in [0.1, 0.15) is 11.3 Å². The number of aliphatic hydroxyl groups excluding tert-OH is 1. The first-order chi connectivity index (χ1) is 11.7. The highest BCUT2D eigenvalue weighted by molar-refractivity contribution is 6.33. The molecule has 25 heavy (non-hydrogen) atoms. The van der Waals surface area contributed by atoms with Crippen LogP contribution < -0.4 is 0 Å². The minimum atomic E-state index is -0.655. The lowest BCUT2D eigenvalue weighted by atomic mass is 9.84. The molecule has 136 valence electrons. The quantitative estimate of drug-likeness (QED) is 0.873. The summed E-state index contributed by atoms with van der Waals surface area (Å²) in [4.78, 5) is 20.0. The van der Waals surface area contributed by atoms with Crippen LogP contribution in [0.3, 0.4) is 0 Å². The van der Waals surface area contributed by atoms with Crippen molar-refractivity contribution in [2.24, 2.45) is 0 Å². The molecule has 1 spiro atoms. The Kier molecular flexibility index (Phi) is 4.60. The van der Waals surface area contributed by atoms with E-state index in [0.717, 1.165) is 22.3 Å². The average molecular weight is 365 g/mol. The SMILES string of the molecule is CON1CCC2(CC1)C(O)=C(c1c(C)cc(C)c(Cl)c1C)C(=O)N2C. The first-order valence-corrected chi connectivity index (χ1v) is 8.90. The predicted molar refractivity (Wildman–Crippen MR) is 98.5 cm³/mol. The van der Waals surface area contributed by atoms with Gasteiger partial charge in [-0.25, -0.2) is 0 Å². The van der Waals surface area contributed by atoms with Crippen LogP contribution in [0.4, 0.5) is 0 Å². The van der Waals surface area contributed by atoms with E-state index in [2.05, 4.69) is 0 Å². The number of carbonyl (C=O) groups excluding carboxylic acids is 1. The molecule has 1 amide bonds. The lowest BCUT2D eigenvalue weighted by Crippen LogP contribution is -2.53. The van der Waals surface area contributed by atoms with Crippen LogP contribution in [-0.4, -0.2) is 53.8 Å². The Morgan fingerprint density at radius 1 is 1.20 bits per heavy atom. The van der Waals surface area contributed by atoms with Crippen LogP contribution in [0.25, 0.3) is 5.57 Å². The highest BCUT2D eigenvalue weighted by Gasteiger charge is 2.52. The molecule has 1 fully saturated rings. The van der Waals surface area contributed by atoms with Gasteiger partial charge in [0.25, 0.3) is 5.91 Å². The molecule has 0 unspecified atom stereocenters. The van der Waals surface area contributed by atoms with Crippen molar-refractivity contribution in [1.82, 2.24) is 9.96 Å². The number of halogens is 1. The second kappa shape index (κ2) is 6.31. The molecule has 0 bridgehead atoms. The Hall–Kier alpha value is -1.56. The van der Waals surface area contributed by atoms with Crippen molar-refractivity contribution in [3.8, 4) is 0 Å². The van der Waals surface area contributed by atoms with Crippen LogP contribution in [0.2, 0.25) is 5.02 Å². The normalized spacial score (nSPS) is 20.9. The third kappa shape index (κ3) is 2.57. The first-order valence-electron chi connectivity index (χ1n) is 8.52. The Balaban J connectivity index is 2.14. The van der Waals surface area contributed by atoms with Gasteiger partial charge in [0.05, 0.1) is 12.7 Å². The van der Waals surface area contributed by atoms with Gasteiger partial charge in [0.2, 0.25) is 0 Å². The van der Waals surface area contributed by atoms with Gasteiger partial charge in [-0.1, -0.05) is 17.7 Å². The Labute approximate surface area is 153 Å². The number of rotatable bonds is 2. The van der Waals surface area contributed by atoms with E-state index in [9.17, 15) is 9.90 Å². The second-order valence-electron chi connectivity index (χ2n) is 7.06. The van der Waals surface area contributed by atoms with Gasteiger partial charge in [-0.15, -0.1) is 0 Å². The van der Waals surface area contributed by atoms with E-state index in [1.807, 2.05) is 31.9 Å². The van der Waals surface area contributed by atoms with E-state index >= 15 is 0 Å². The van der Waals surface area contributed by atoms with Gasteiger partial charge < -0.3 is 14.8 Å². The topological polar surface area (TPSA) is 53.0 Å². The maximum atomic E-state index is 13.1. The third-order valence-corrected chi connectivity index (χ3v) is 6.36. The summed E-state index contributed by atoms with van der Waals surface area (Å²) in [5.74, 6) is 0.0244. The van der Waals surface area contributed by atoms with Crippen molar-refractivity contribution >= 4 is 23.1 Å². The smallest absolute Gasteiger partial charge is 0.258 e. The number of aryl methyl sites for hydroxylation is 2. The molecule has 3 rings (SSSR count). The fraction of sp³-hybridized carbons (Fsp3) is 0.526. The monoisotopic (exact) mass is 364 g/mol. The van der Waals surface area contributed by atoms with Crippen molar-refractivity contribution in [2.75, 3.05) is 27.2 Å². The number of nitrogens with zero attached hydrogens (tertiary/aromatic N) is 2. The Morgan fingerprint density at radius 2 is 1.80 bits per heavy atom. The zero-order valence-corrected chi connectivity index (χ0v) is 16.2. The molecule has 1 aromatic carbocycles. The highest BCUT2D eigenvalue weighted by Crippen LogP contribution is 2.46. The third-order valence-electron chi connectivity index (χ3n) is 5.77. The molecule has 1 N–H and O–H groups in total. The summed E-state index contributed by atoms with van der Waals surface area (Å²) in [6.07, 6.45) is 1.27. The summed E-state index contributed by atoms with van der Waals surface area (Å²) in [6, 6.07) is 1.97. The summed E-state index contributed by atoms with van der Waals surface area (Å²) in [6.45, 7) is 7.14. The molecule has 0 saturated carbocycles. The number of benzene rings is 1. The van der Waals surface area contributed by atoms with Gasteiger partial charge in [-0.2, -0.15) is 5.06 Å². The van der Waals surface area contributed by atoms with Crippen molar-refractivity contribution in [3.05, 3.63) is 39.1 Å². The molecule has 0 aromatic heterocycles. The van der Waals surface area contributed by atoms with Crippen LogP contribution in [0, 0.1) is 20.8 Å². The van der Waals surface area contributed by atoms with Gasteiger partial charge in [-0.3, -0.25) is 4.79 Å².